The largest absolute Gasteiger partial charge is 0.326 e. The Balaban J connectivity index is 1.69. The van der Waals surface area contributed by atoms with Crippen LogP contribution in [0.4, 0.5) is 11.4 Å². The molecule has 0 bridgehead atoms. The van der Waals surface area contributed by atoms with E-state index in [2.05, 4.69) is 21.2 Å². The molecule has 1 aliphatic rings. The highest BCUT2D eigenvalue weighted by atomic mass is 79.9. The average molecular weight is 394 g/mol. The minimum Gasteiger partial charge on any atom is -0.326 e. The smallest absolute Gasteiger partial charge is 0.229 e. The molecule has 0 spiro atoms. The quantitative estimate of drug-likeness (QED) is 0.854. The molecule has 4 nitrogen and oxygen atoms in total. The van der Waals surface area contributed by atoms with Gasteiger partial charge in [-0.15, -0.1) is 0 Å². The van der Waals surface area contributed by atoms with Gasteiger partial charge in [-0.1, -0.05) is 33.6 Å². The fraction of sp³-hybridized carbons (Fsp3) is 0.176. The Morgan fingerprint density at radius 2 is 1.96 bits per heavy atom. The van der Waals surface area contributed by atoms with Crippen molar-refractivity contribution in [2.45, 2.75) is 6.42 Å². The second-order valence-corrected chi connectivity index (χ2v) is 6.73. The Kier molecular flexibility index (Phi) is 4.68. The summed E-state index contributed by atoms with van der Waals surface area (Å²) in [6.45, 7) is 0.384. The molecule has 1 aliphatic heterocycles. The van der Waals surface area contributed by atoms with Gasteiger partial charge in [0.25, 0.3) is 0 Å². The summed E-state index contributed by atoms with van der Waals surface area (Å²) in [4.78, 5) is 26.2. The van der Waals surface area contributed by atoms with Crippen molar-refractivity contribution in [3.63, 3.8) is 0 Å². The maximum absolute atomic E-state index is 12.4. The standard InChI is InChI=1S/C17H14BrClN2O2/c18-12-2-1-3-15(9-12)21-10-11(8-16(21)22)17(23)20-14-6-4-13(19)5-7-14/h1-7,9,11H,8,10H2,(H,20,23). The van der Waals surface area contributed by atoms with Gasteiger partial charge in [0.05, 0.1) is 5.92 Å². The van der Waals surface area contributed by atoms with Gasteiger partial charge >= 0.3 is 0 Å². The molecule has 1 unspecified atom stereocenters. The molecule has 0 aliphatic carbocycles. The first kappa shape index (κ1) is 16.0. The molecule has 1 atom stereocenters. The van der Waals surface area contributed by atoms with Gasteiger partial charge in [0.2, 0.25) is 11.8 Å². The molecule has 1 N–H and O–H groups in total. The fourth-order valence-electron chi connectivity index (χ4n) is 2.55. The molecular formula is C17H14BrClN2O2. The minimum absolute atomic E-state index is 0.0423. The first-order valence-electron chi connectivity index (χ1n) is 7.15. The predicted octanol–water partition coefficient (Wildman–Crippen LogP) is 4.09. The van der Waals surface area contributed by atoms with Crippen molar-refractivity contribution < 1.29 is 9.59 Å². The highest BCUT2D eigenvalue weighted by molar-refractivity contribution is 9.10. The number of hydrogen-bond donors (Lipinski definition) is 1. The summed E-state index contributed by atoms with van der Waals surface area (Å²) in [6, 6.07) is 14.4. The summed E-state index contributed by atoms with van der Waals surface area (Å²) in [7, 11) is 0. The van der Waals surface area contributed by atoms with E-state index in [0.717, 1.165) is 10.2 Å². The summed E-state index contributed by atoms with van der Waals surface area (Å²) in [5, 5.41) is 3.44. The molecule has 0 radical (unpaired) electrons. The molecule has 2 amide bonds. The first-order valence-corrected chi connectivity index (χ1v) is 8.32. The monoisotopic (exact) mass is 392 g/mol. The zero-order valence-electron chi connectivity index (χ0n) is 12.1. The van der Waals surface area contributed by atoms with Crippen molar-refractivity contribution in [2.75, 3.05) is 16.8 Å². The van der Waals surface area contributed by atoms with Gasteiger partial charge in [-0.3, -0.25) is 9.59 Å². The van der Waals surface area contributed by atoms with Crippen LogP contribution in [-0.2, 0) is 9.59 Å². The fourth-order valence-corrected chi connectivity index (χ4v) is 3.07. The molecule has 3 rings (SSSR count). The van der Waals surface area contributed by atoms with Gasteiger partial charge in [0, 0.05) is 33.8 Å². The van der Waals surface area contributed by atoms with Gasteiger partial charge in [0.1, 0.15) is 0 Å². The van der Waals surface area contributed by atoms with E-state index in [1.54, 1.807) is 29.2 Å². The number of carbonyl (C=O) groups excluding carboxylic acids is 2. The SMILES string of the molecule is O=C(Nc1ccc(Cl)cc1)C1CC(=O)N(c2cccc(Br)c2)C1. The van der Waals surface area contributed by atoms with Crippen molar-refractivity contribution in [2.24, 2.45) is 5.92 Å². The Labute approximate surface area is 147 Å². The van der Waals surface area contributed by atoms with Crippen LogP contribution < -0.4 is 10.2 Å². The molecule has 2 aromatic carbocycles. The molecule has 1 fully saturated rings. The van der Waals surface area contributed by atoms with E-state index >= 15 is 0 Å². The lowest BCUT2D eigenvalue weighted by Crippen LogP contribution is -2.28. The van der Waals surface area contributed by atoms with Crippen molar-refractivity contribution in [1.82, 2.24) is 0 Å². The number of halogens is 2. The maximum atomic E-state index is 12.4. The average Bonchev–Trinajstić information content (AvgIpc) is 2.92. The third kappa shape index (κ3) is 3.74. The third-order valence-corrected chi connectivity index (χ3v) is 4.47. The molecule has 1 saturated heterocycles. The van der Waals surface area contributed by atoms with E-state index in [1.165, 1.54) is 0 Å². The molecule has 0 saturated carbocycles. The van der Waals surface area contributed by atoms with Gasteiger partial charge in [-0.2, -0.15) is 0 Å². The van der Waals surface area contributed by atoms with Crippen LogP contribution in [0, 0.1) is 5.92 Å². The zero-order chi connectivity index (χ0) is 16.4. The van der Waals surface area contributed by atoms with Crippen LogP contribution >= 0.6 is 27.5 Å². The molecule has 118 valence electrons. The van der Waals surface area contributed by atoms with Crippen LogP contribution in [0.25, 0.3) is 0 Å². The number of carbonyl (C=O) groups is 2. The number of anilines is 2. The second-order valence-electron chi connectivity index (χ2n) is 5.38. The van der Waals surface area contributed by atoms with E-state index in [1.807, 2.05) is 24.3 Å². The highest BCUT2D eigenvalue weighted by Crippen LogP contribution is 2.28. The van der Waals surface area contributed by atoms with Gasteiger partial charge < -0.3 is 10.2 Å². The van der Waals surface area contributed by atoms with Crippen molar-refractivity contribution in [1.29, 1.82) is 0 Å². The molecular weight excluding hydrogens is 380 g/mol. The van der Waals surface area contributed by atoms with Crippen LogP contribution in [0.5, 0.6) is 0 Å². The van der Waals surface area contributed by atoms with Gasteiger partial charge in [-0.25, -0.2) is 0 Å². The van der Waals surface area contributed by atoms with Crippen molar-refractivity contribution >= 4 is 50.7 Å². The summed E-state index contributed by atoms with van der Waals surface area (Å²) in [5.74, 6) is -0.560. The predicted molar refractivity (Wildman–Crippen MR) is 94.7 cm³/mol. The molecule has 2 aromatic rings. The third-order valence-electron chi connectivity index (χ3n) is 3.73. The van der Waals surface area contributed by atoms with E-state index in [4.69, 9.17) is 11.6 Å². The van der Waals surface area contributed by atoms with Crippen molar-refractivity contribution in [3.05, 3.63) is 58.0 Å². The lowest BCUT2D eigenvalue weighted by molar-refractivity contribution is -0.122. The number of nitrogens with zero attached hydrogens (tertiary/aromatic N) is 1. The lowest BCUT2D eigenvalue weighted by Gasteiger charge is -2.17. The Morgan fingerprint density at radius 3 is 2.65 bits per heavy atom. The molecule has 6 heteroatoms. The highest BCUT2D eigenvalue weighted by Gasteiger charge is 2.35. The molecule has 0 aromatic heterocycles. The van der Waals surface area contributed by atoms with Crippen LogP contribution in [0.15, 0.2) is 53.0 Å². The Bertz CT molecular complexity index is 749. The maximum Gasteiger partial charge on any atom is 0.229 e. The van der Waals surface area contributed by atoms with E-state index < -0.39 is 0 Å². The number of hydrogen-bond acceptors (Lipinski definition) is 2. The summed E-state index contributed by atoms with van der Waals surface area (Å²) < 4.78 is 0.900. The van der Waals surface area contributed by atoms with Crippen LogP contribution in [0.2, 0.25) is 5.02 Å². The molecule has 1 heterocycles. The van der Waals surface area contributed by atoms with Gasteiger partial charge in [-0.05, 0) is 42.5 Å². The van der Waals surface area contributed by atoms with Crippen LogP contribution in [-0.4, -0.2) is 18.4 Å². The first-order chi connectivity index (χ1) is 11.0. The van der Waals surface area contributed by atoms with E-state index in [0.29, 0.717) is 17.3 Å². The normalized spacial score (nSPS) is 17.4. The summed E-state index contributed by atoms with van der Waals surface area (Å²) in [5.41, 5.74) is 1.47. The number of amides is 2. The van der Waals surface area contributed by atoms with Crippen LogP contribution in [0.3, 0.4) is 0 Å². The molecule has 23 heavy (non-hydrogen) atoms. The lowest BCUT2D eigenvalue weighted by atomic mass is 10.1. The second kappa shape index (κ2) is 6.72. The van der Waals surface area contributed by atoms with Gasteiger partial charge in [0.15, 0.2) is 0 Å². The zero-order valence-corrected chi connectivity index (χ0v) is 14.5. The number of benzene rings is 2. The summed E-state index contributed by atoms with van der Waals surface area (Å²) in [6.07, 6.45) is 0.214. The summed E-state index contributed by atoms with van der Waals surface area (Å²) >= 11 is 9.22. The minimum atomic E-state index is -0.364. The van der Waals surface area contributed by atoms with E-state index in [9.17, 15) is 9.59 Å². The van der Waals surface area contributed by atoms with Crippen LogP contribution in [0.1, 0.15) is 6.42 Å². The Morgan fingerprint density at radius 1 is 1.22 bits per heavy atom. The number of nitrogens with one attached hydrogen (secondary N) is 1. The Hall–Kier alpha value is -1.85. The van der Waals surface area contributed by atoms with E-state index in [-0.39, 0.29) is 24.2 Å². The topological polar surface area (TPSA) is 49.4 Å². The van der Waals surface area contributed by atoms with Crippen molar-refractivity contribution in [3.8, 4) is 0 Å². The number of rotatable bonds is 3.